The van der Waals surface area contributed by atoms with E-state index in [1.54, 1.807) is 35.2 Å². The Hall–Kier alpha value is -2.18. The molecule has 0 aliphatic carbocycles. The molecule has 1 fully saturated rings. The summed E-state index contributed by atoms with van der Waals surface area (Å²) in [6, 6.07) is 9.52. The van der Waals surface area contributed by atoms with Gasteiger partial charge in [-0.25, -0.2) is 4.39 Å². The van der Waals surface area contributed by atoms with Crippen LogP contribution in [0.4, 0.5) is 4.39 Å². The van der Waals surface area contributed by atoms with Crippen LogP contribution in [0.5, 0.6) is 0 Å². The molecule has 1 aromatic carbocycles. The normalized spacial score (nSPS) is 15.8. The summed E-state index contributed by atoms with van der Waals surface area (Å²) in [5.41, 5.74) is 0.347. The van der Waals surface area contributed by atoms with Crippen LogP contribution in [0.15, 0.2) is 40.8 Å². The first-order valence-corrected chi connectivity index (χ1v) is 7.66. The van der Waals surface area contributed by atoms with E-state index in [9.17, 15) is 9.18 Å². The molecular formula is C17H19FN2O3. The molecule has 0 bridgehead atoms. The van der Waals surface area contributed by atoms with E-state index in [1.165, 1.54) is 6.07 Å². The molecule has 1 N–H and O–H groups in total. The molecule has 2 aromatic rings. The third-order valence-corrected chi connectivity index (χ3v) is 4.03. The summed E-state index contributed by atoms with van der Waals surface area (Å²) in [7, 11) is 0. The van der Waals surface area contributed by atoms with Crippen molar-refractivity contribution in [1.82, 2.24) is 9.80 Å². The van der Waals surface area contributed by atoms with E-state index in [-0.39, 0.29) is 24.1 Å². The van der Waals surface area contributed by atoms with Gasteiger partial charge in [-0.3, -0.25) is 9.69 Å². The summed E-state index contributed by atoms with van der Waals surface area (Å²) in [5.74, 6) is 0.0129. The summed E-state index contributed by atoms with van der Waals surface area (Å²) in [6.45, 7) is 3.39. The van der Waals surface area contributed by atoms with Gasteiger partial charge in [-0.05, 0) is 24.3 Å². The van der Waals surface area contributed by atoms with Crippen LogP contribution < -0.4 is 0 Å². The maximum atomic E-state index is 13.8. The highest BCUT2D eigenvalue weighted by Gasteiger charge is 2.24. The van der Waals surface area contributed by atoms with Crippen molar-refractivity contribution in [1.29, 1.82) is 0 Å². The first-order chi connectivity index (χ1) is 11.2. The average Bonchev–Trinajstić information content (AvgIpc) is 3.05. The summed E-state index contributed by atoms with van der Waals surface area (Å²) in [6.07, 6.45) is 0. The van der Waals surface area contributed by atoms with E-state index in [4.69, 9.17) is 9.52 Å². The van der Waals surface area contributed by atoms with Gasteiger partial charge in [0.05, 0.1) is 12.2 Å². The lowest BCUT2D eigenvalue weighted by molar-refractivity contribution is 0.0586. The minimum atomic E-state index is -0.376. The van der Waals surface area contributed by atoms with Gasteiger partial charge in [0.25, 0.3) is 5.91 Å². The smallest absolute Gasteiger partial charge is 0.289 e. The van der Waals surface area contributed by atoms with Crippen molar-refractivity contribution in [2.24, 2.45) is 0 Å². The zero-order chi connectivity index (χ0) is 16.2. The lowest BCUT2D eigenvalue weighted by Gasteiger charge is -2.33. The van der Waals surface area contributed by atoms with Crippen LogP contribution in [0.1, 0.15) is 10.6 Å². The fourth-order valence-electron chi connectivity index (χ4n) is 2.73. The van der Waals surface area contributed by atoms with E-state index in [1.807, 2.05) is 0 Å². The fourth-order valence-corrected chi connectivity index (χ4v) is 2.73. The predicted octanol–water partition coefficient (Wildman–Crippen LogP) is 1.84. The number of hydrogen-bond donors (Lipinski definition) is 1. The molecule has 3 rings (SSSR count). The molecule has 1 saturated heterocycles. The lowest BCUT2D eigenvalue weighted by atomic mass is 10.1. The van der Waals surface area contributed by atoms with Crippen LogP contribution in [0.3, 0.4) is 0 Å². The van der Waals surface area contributed by atoms with Gasteiger partial charge in [0.15, 0.2) is 5.76 Å². The summed E-state index contributed by atoms with van der Waals surface area (Å²) in [5, 5.41) is 8.94. The van der Waals surface area contributed by atoms with Crippen molar-refractivity contribution in [3.05, 3.63) is 48.0 Å². The first-order valence-electron chi connectivity index (χ1n) is 7.66. The second kappa shape index (κ2) is 6.93. The number of aliphatic hydroxyl groups is 1. The number of benzene rings is 1. The molecule has 122 valence electrons. The van der Waals surface area contributed by atoms with E-state index in [2.05, 4.69) is 4.90 Å². The fraction of sp³-hybridized carbons (Fsp3) is 0.353. The molecule has 1 aliphatic heterocycles. The second-order valence-corrected chi connectivity index (χ2v) is 5.50. The number of carbonyl (C=O) groups excluding carboxylic acids is 1. The minimum absolute atomic E-state index is 0.123. The van der Waals surface area contributed by atoms with E-state index < -0.39 is 0 Å². The third-order valence-electron chi connectivity index (χ3n) is 4.03. The van der Waals surface area contributed by atoms with Crippen molar-refractivity contribution in [2.45, 2.75) is 0 Å². The van der Waals surface area contributed by atoms with Gasteiger partial charge in [0.2, 0.25) is 0 Å². The molecule has 23 heavy (non-hydrogen) atoms. The second-order valence-electron chi connectivity index (χ2n) is 5.50. The largest absolute Gasteiger partial charge is 0.451 e. The number of carbonyl (C=O) groups is 1. The number of hydrogen-bond acceptors (Lipinski definition) is 4. The van der Waals surface area contributed by atoms with Crippen molar-refractivity contribution in [2.75, 3.05) is 39.3 Å². The summed E-state index contributed by atoms with van der Waals surface area (Å²) < 4.78 is 19.3. The monoisotopic (exact) mass is 318 g/mol. The maximum Gasteiger partial charge on any atom is 0.289 e. The Morgan fingerprint density at radius 1 is 1.13 bits per heavy atom. The molecule has 6 heteroatoms. The number of nitrogens with zero attached hydrogens (tertiary/aromatic N) is 2. The van der Waals surface area contributed by atoms with Crippen LogP contribution in [0, 0.1) is 5.82 Å². The first kappa shape index (κ1) is 15.7. The molecular weight excluding hydrogens is 299 g/mol. The van der Waals surface area contributed by atoms with Gasteiger partial charge in [0, 0.05) is 32.7 Å². The van der Waals surface area contributed by atoms with Gasteiger partial charge >= 0.3 is 0 Å². The van der Waals surface area contributed by atoms with Gasteiger partial charge in [-0.1, -0.05) is 12.1 Å². The van der Waals surface area contributed by atoms with Crippen LogP contribution in [-0.4, -0.2) is 60.1 Å². The molecule has 1 amide bonds. The Labute approximate surface area is 133 Å². The third kappa shape index (κ3) is 3.43. The predicted molar refractivity (Wildman–Crippen MR) is 83.5 cm³/mol. The van der Waals surface area contributed by atoms with Crippen LogP contribution in [-0.2, 0) is 0 Å². The van der Waals surface area contributed by atoms with Gasteiger partial charge < -0.3 is 14.4 Å². The van der Waals surface area contributed by atoms with Crippen LogP contribution in [0.2, 0.25) is 0 Å². The molecule has 0 saturated carbocycles. The lowest BCUT2D eigenvalue weighted by Crippen LogP contribution is -2.49. The minimum Gasteiger partial charge on any atom is -0.451 e. The van der Waals surface area contributed by atoms with Crippen molar-refractivity contribution in [3.8, 4) is 11.3 Å². The zero-order valence-electron chi connectivity index (χ0n) is 12.7. The zero-order valence-corrected chi connectivity index (χ0v) is 12.7. The van der Waals surface area contributed by atoms with Crippen molar-refractivity contribution >= 4 is 5.91 Å². The van der Waals surface area contributed by atoms with E-state index in [0.29, 0.717) is 31.0 Å². The Morgan fingerprint density at radius 2 is 1.87 bits per heavy atom. The molecule has 0 radical (unpaired) electrons. The highest BCUT2D eigenvalue weighted by atomic mass is 19.1. The molecule has 0 unspecified atom stereocenters. The number of piperazine rings is 1. The molecule has 0 spiro atoms. The highest BCUT2D eigenvalue weighted by Crippen LogP contribution is 2.25. The molecule has 5 nitrogen and oxygen atoms in total. The number of rotatable bonds is 4. The number of halogens is 1. The van der Waals surface area contributed by atoms with Gasteiger partial charge in [0.1, 0.15) is 11.6 Å². The molecule has 1 aromatic heterocycles. The number of furan rings is 1. The quantitative estimate of drug-likeness (QED) is 0.934. The molecule has 1 aliphatic rings. The van der Waals surface area contributed by atoms with Gasteiger partial charge in [-0.15, -0.1) is 0 Å². The maximum absolute atomic E-state index is 13.8. The van der Waals surface area contributed by atoms with Crippen molar-refractivity contribution in [3.63, 3.8) is 0 Å². The summed E-state index contributed by atoms with van der Waals surface area (Å²) >= 11 is 0. The SMILES string of the molecule is O=C(c1ccc(-c2ccccc2F)o1)N1CCN(CCO)CC1. The average molecular weight is 318 g/mol. The summed E-state index contributed by atoms with van der Waals surface area (Å²) in [4.78, 5) is 16.3. The Kier molecular flexibility index (Phi) is 4.73. The van der Waals surface area contributed by atoms with Crippen LogP contribution >= 0.6 is 0 Å². The standard InChI is InChI=1S/C17H19FN2O3/c18-14-4-2-1-3-13(14)15-5-6-16(23-15)17(22)20-9-7-19(8-10-20)11-12-21/h1-6,21H,7-12H2. The van der Waals surface area contributed by atoms with Gasteiger partial charge in [-0.2, -0.15) is 0 Å². The Morgan fingerprint density at radius 3 is 2.57 bits per heavy atom. The van der Waals surface area contributed by atoms with E-state index in [0.717, 1.165) is 13.1 Å². The molecule has 0 atom stereocenters. The highest BCUT2D eigenvalue weighted by molar-refractivity contribution is 5.92. The number of amides is 1. The molecule has 2 heterocycles. The number of aliphatic hydroxyl groups excluding tert-OH is 1. The van der Waals surface area contributed by atoms with Crippen molar-refractivity contribution < 1.29 is 18.7 Å². The topological polar surface area (TPSA) is 56.9 Å². The Balaban J connectivity index is 1.69. The Bertz CT molecular complexity index is 678. The van der Waals surface area contributed by atoms with E-state index >= 15 is 0 Å². The number of β-amino-alcohol motifs (C(OH)–C–C–N with tert-alkyl or cyclic N) is 1. The van der Waals surface area contributed by atoms with Crippen LogP contribution in [0.25, 0.3) is 11.3 Å².